The van der Waals surface area contributed by atoms with E-state index in [-0.39, 0.29) is 18.0 Å². The molecule has 1 amide bonds. The molecule has 2 aromatic carbocycles. The zero-order chi connectivity index (χ0) is 22.8. The molecular formula is C25H25ClN4O2. The minimum atomic E-state index is -0.242. The standard InChI is InChI=1S/C25H25ClN4O2/c1-16-14-23(32)29(15-22(31)27-13-12-19-8-5-4-6-9-19)25-24(16)18(3)28-30(25)21-11-7-10-20(26)17(21)2/h4-11,14H,12-13,15H2,1-3H3,(H,27,31). The van der Waals surface area contributed by atoms with Gasteiger partial charge in [-0.3, -0.25) is 14.2 Å². The predicted octanol–water partition coefficient (Wildman–Crippen LogP) is 4.12. The molecule has 0 saturated heterocycles. The lowest BCUT2D eigenvalue weighted by Gasteiger charge is -2.14. The Morgan fingerprint density at radius 2 is 1.81 bits per heavy atom. The molecule has 0 aliphatic rings. The summed E-state index contributed by atoms with van der Waals surface area (Å²) in [5.74, 6) is -0.221. The molecule has 0 saturated carbocycles. The largest absolute Gasteiger partial charge is 0.354 e. The molecule has 0 fully saturated rings. The van der Waals surface area contributed by atoms with Crippen LogP contribution < -0.4 is 10.9 Å². The van der Waals surface area contributed by atoms with Crippen LogP contribution >= 0.6 is 11.6 Å². The van der Waals surface area contributed by atoms with Gasteiger partial charge in [-0.05, 0) is 56.0 Å². The molecule has 6 nitrogen and oxygen atoms in total. The van der Waals surface area contributed by atoms with E-state index in [1.54, 1.807) is 10.7 Å². The summed E-state index contributed by atoms with van der Waals surface area (Å²) in [5, 5.41) is 9.10. The highest BCUT2D eigenvalue weighted by atomic mass is 35.5. The molecule has 0 aliphatic heterocycles. The number of halogens is 1. The SMILES string of the molecule is Cc1c(Cl)cccc1-n1nc(C)c2c(C)cc(=O)n(CC(=O)NCCc3ccccc3)c21. The highest BCUT2D eigenvalue weighted by Gasteiger charge is 2.20. The fourth-order valence-corrected chi connectivity index (χ4v) is 4.17. The van der Waals surface area contributed by atoms with Crippen molar-refractivity contribution < 1.29 is 4.79 Å². The molecule has 7 heteroatoms. The smallest absolute Gasteiger partial charge is 0.252 e. The molecule has 2 aromatic heterocycles. The quantitative estimate of drug-likeness (QED) is 0.482. The van der Waals surface area contributed by atoms with E-state index in [4.69, 9.17) is 16.7 Å². The number of hydrogen-bond acceptors (Lipinski definition) is 3. The number of nitrogens with zero attached hydrogens (tertiary/aromatic N) is 3. The Balaban J connectivity index is 1.70. The summed E-state index contributed by atoms with van der Waals surface area (Å²) < 4.78 is 3.21. The molecule has 32 heavy (non-hydrogen) atoms. The molecule has 0 unspecified atom stereocenters. The third-order valence-electron chi connectivity index (χ3n) is 5.64. The van der Waals surface area contributed by atoms with Crippen molar-refractivity contribution in [3.63, 3.8) is 0 Å². The second-order valence-electron chi connectivity index (χ2n) is 7.92. The lowest BCUT2D eigenvalue weighted by molar-refractivity contribution is -0.121. The van der Waals surface area contributed by atoms with E-state index in [0.29, 0.717) is 17.2 Å². The second kappa shape index (κ2) is 9.01. The van der Waals surface area contributed by atoms with Crippen LogP contribution in [0.3, 0.4) is 0 Å². The monoisotopic (exact) mass is 448 g/mol. The van der Waals surface area contributed by atoms with Crippen molar-refractivity contribution in [1.29, 1.82) is 0 Å². The summed E-state index contributed by atoms with van der Waals surface area (Å²) in [6.07, 6.45) is 0.726. The third-order valence-corrected chi connectivity index (χ3v) is 6.05. The average Bonchev–Trinajstić information content (AvgIpc) is 3.11. The van der Waals surface area contributed by atoms with Crippen molar-refractivity contribution in [1.82, 2.24) is 19.7 Å². The van der Waals surface area contributed by atoms with E-state index >= 15 is 0 Å². The van der Waals surface area contributed by atoms with E-state index in [2.05, 4.69) is 5.32 Å². The van der Waals surface area contributed by atoms with Crippen LogP contribution in [-0.2, 0) is 17.8 Å². The molecule has 0 spiro atoms. The topological polar surface area (TPSA) is 68.9 Å². The van der Waals surface area contributed by atoms with Gasteiger partial charge < -0.3 is 5.32 Å². The molecule has 0 radical (unpaired) electrons. The Labute approximate surface area is 191 Å². The Morgan fingerprint density at radius 1 is 1.06 bits per heavy atom. The number of aromatic nitrogens is 3. The maximum absolute atomic E-state index is 12.9. The van der Waals surface area contributed by atoms with Crippen LogP contribution in [0.4, 0.5) is 0 Å². The maximum atomic E-state index is 12.9. The first-order valence-electron chi connectivity index (χ1n) is 10.5. The first-order valence-corrected chi connectivity index (χ1v) is 10.9. The maximum Gasteiger partial charge on any atom is 0.252 e. The molecule has 4 aromatic rings. The lowest BCUT2D eigenvalue weighted by atomic mass is 10.1. The fraction of sp³-hybridized carbons (Fsp3) is 0.240. The van der Waals surface area contributed by atoms with E-state index in [9.17, 15) is 9.59 Å². The van der Waals surface area contributed by atoms with Crippen molar-refractivity contribution in [2.24, 2.45) is 0 Å². The lowest BCUT2D eigenvalue weighted by Crippen LogP contribution is -2.34. The molecule has 0 aliphatic carbocycles. The van der Waals surface area contributed by atoms with Gasteiger partial charge in [0.05, 0.1) is 11.4 Å². The molecule has 0 bridgehead atoms. The number of hydrogen-bond donors (Lipinski definition) is 1. The van der Waals surface area contributed by atoms with Crippen LogP contribution in [0.15, 0.2) is 59.4 Å². The summed E-state index contributed by atoms with van der Waals surface area (Å²) in [6.45, 7) is 6.11. The van der Waals surface area contributed by atoms with Gasteiger partial charge >= 0.3 is 0 Å². The number of rotatable bonds is 6. The fourth-order valence-electron chi connectivity index (χ4n) is 4.00. The molecule has 164 valence electrons. The van der Waals surface area contributed by atoms with Crippen molar-refractivity contribution in [2.75, 3.05) is 6.54 Å². The van der Waals surface area contributed by atoms with Crippen LogP contribution in [0.2, 0.25) is 5.02 Å². The summed E-state index contributed by atoms with van der Waals surface area (Å²) in [7, 11) is 0. The zero-order valence-corrected chi connectivity index (χ0v) is 19.1. The van der Waals surface area contributed by atoms with E-state index in [0.717, 1.165) is 39.9 Å². The van der Waals surface area contributed by atoms with E-state index in [1.165, 1.54) is 4.57 Å². The van der Waals surface area contributed by atoms with Crippen LogP contribution in [0.25, 0.3) is 16.7 Å². The molecule has 4 rings (SSSR count). The number of benzene rings is 2. The number of aryl methyl sites for hydroxylation is 2. The third kappa shape index (κ3) is 4.18. The Morgan fingerprint density at radius 3 is 2.56 bits per heavy atom. The average molecular weight is 449 g/mol. The van der Waals surface area contributed by atoms with Gasteiger partial charge in [0.15, 0.2) is 0 Å². The number of fused-ring (bicyclic) bond motifs is 1. The highest BCUT2D eigenvalue weighted by molar-refractivity contribution is 6.31. The number of pyridine rings is 1. The first-order chi connectivity index (χ1) is 15.4. The van der Waals surface area contributed by atoms with Gasteiger partial charge in [-0.2, -0.15) is 5.10 Å². The Hall–Kier alpha value is -3.38. The van der Waals surface area contributed by atoms with Gasteiger partial charge in [0.25, 0.3) is 5.56 Å². The van der Waals surface area contributed by atoms with Gasteiger partial charge in [-0.15, -0.1) is 0 Å². The van der Waals surface area contributed by atoms with Crippen LogP contribution in [0.5, 0.6) is 0 Å². The van der Waals surface area contributed by atoms with Gasteiger partial charge in [-0.25, -0.2) is 4.68 Å². The van der Waals surface area contributed by atoms with Gasteiger partial charge in [-0.1, -0.05) is 48.0 Å². The van der Waals surface area contributed by atoms with Gasteiger partial charge in [0, 0.05) is 23.0 Å². The van der Waals surface area contributed by atoms with Crippen molar-refractivity contribution >= 4 is 28.5 Å². The number of carbonyl (C=O) groups is 1. The summed E-state index contributed by atoms with van der Waals surface area (Å²) in [5.41, 5.74) is 4.74. The Bertz CT molecular complexity index is 1360. The van der Waals surface area contributed by atoms with E-state index < -0.39 is 0 Å². The normalized spacial score (nSPS) is 11.1. The Kier molecular flexibility index (Phi) is 6.15. The zero-order valence-electron chi connectivity index (χ0n) is 18.4. The number of nitrogens with one attached hydrogen (secondary N) is 1. The summed E-state index contributed by atoms with van der Waals surface area (Å²) in [4.78, 5) is 25.7. The molecular weight excluding hydrogens is 424 g/mol. The van der Waals surface area contributed by atoms with Gasteiger partial charge in [0.2, 0.25) is 5.91 Å². The van der Waals surface area contributed by atoms with Crippen molar-refractivity contribution in [3.05, 3.63) is 92.4 Å². The summed E-state index contributed by atoms with van der Waals surface area (Å²) in [6, 6.07) is 17.1. The van der Waals surface area contributed by atoms with Crippen molar-refractivity contribution in [3.8, 4) is 5.69 Å². The minimum absolute atomic E-state index is 0.0881. The van der Waals surface area contributed by atoms with Crippen LogP contribution in [-0.4, -0.2) is 26.8 Å². The molecule has 0 atom stereocenters. The van der Waals surface area contributed by atoms with Crippen LogP contribution in [0, 0.1) is 20.8 Å². The predicted molar refractivity (Wildman–Crippen MR) is 128 cm³/mol. The van der Waals surface area contributed by atoms with Gasteiger partial charge in [0.1, 0.15) is 12.2 Å². The number of amides is 1. The van der Waals surface area contributed by atoms with Crippen LogP contribution in [0.1, 0.15) is 22.4 Å². The highest BCUT2D eigenvalue weighted by Crippen LogP contribution is 2.28. The number of carbonyl (C=O) groups excluding carboxylic acids is 1. The first kappa shape index (κ1) is 21.8. The molecule has 2 heterocycles. The molecule has 1 N–H and O–H groups in total. The van der Waals surface area contributed by atoms with E-state index in [1.807, 2.05) is 69.3 Å². The second-order valence-corrected chi connectivity index (χ2v) is 8.32. The van der Waals surface area contributed by atoms with Crippen molar-refractivity contribution in [2.45, 2.75) is 33.7 Å². The minimum Gasteiger partial charge on any atom is -0.354 e. The summed E-state index contributed by atoms with van der Waals surface area (Å²) >= 11 is 6.34.